The number of rotatable bonds is 6. The van der Waals surface area contributed by atoms with Crippen LogP contribution in [-0.2, 0) is 0 Å². The fraction of sp³-hybridized carbons (Fsp3) is 1.00. The first-order valence-corrected chi connectivity index (χ1v) is 6.89. The van der Waals surface area contributed by atoms with E-state index >= 15 is 0 Å². The molecule has 0 atom stereocenters. The lowest BCUT2D eigenvalue weighted by Crippen LogP contribution is -2.21. The third-order valence-electron chi connectivity index (χ3n) is 3.65. The maximum atomic E-state index is 3.53. The van der Waals surface area contributed by atoms with E-state index in [1.165, 1.54) is 51.6 Å². The van der Waals surface area contributed by atoms with Crippen LogP contribution in [0.1, 0.15) is 59.3 Å². The van der Waals surface area contributed by atoms with E-state index in [2.05, 4.69) is 26.1 Å². The Morgan fingerprint density at radius 3 is 2.40 bits per heavy atom. The molecule has 1 aliphatic rings. The second kappa shape index (κ2) is 7.27. The predicted molar refractivity (Wildman–Crippen MR) is 68.1 cm³/mol. The Morgan fingerprint density at radius 2 is 1.80 bits per heavy atom. The monoisotopic (exact) mass is 211 g/mol. The van der Waals surface area contributed by atoms with Crippen molar-refractivity contribution in [2.24, 2.45) is 17.8 Å². The lowest BCUT2D eigenvalue weighted by Gasteiger charge is -2.26. The number of hydrogen-bond acceptors (Lipinski definition) is 1. The van der Waals surface area contributed by atoms with Gasteiger partial charge >= 0.3 is 0 Å². The van der Waals surface area contributed by atoms with E-state index < -0.39 is 0 Å². The molecule has 0 aromatic heterocycles. The Kier molecular flexibility index (Phi) is 6.31. The molecule has 90 valence electrons. The normalized spacial score (nSPS) is 27.2. The van der Waals surface area contributed by atoms with Crippen molar-refractivity contribution in [1.82, 2.24) is 5.32 Å². The molecule has 0 saturated heterocycles. The van der Waals surface area contributed by atoms with Gasteiger partial charge in [0.05, 0.1) is 0 Å². The van der Waals surface area contributed by atoms with Gasteiger partial charge in [0, 0.05) is 0 Å². The summed E-state index contributed by atoms with van der Waals surface area (Å²) >= 11 is 0. The van der Waals surface area contributed by atoms with Gasteiger partial charge in [-0.3, -0.25) is 0 Å². The second-order valence-electron chi connectivity index (χ2n) is 5.87. The van der Waals surface area contributed by atoms with E-state index in [-0.39, 0.29) is 0 Å². The molecule has 0 radical (unpaired) electrons. The summed E-state index contributed by atoms with van der Waals surface area (Å²) in [6, 6.07) is 0. The van der Waals surface area contributed by atoms with Gasteiger partial charge in [-0.05, 0) is 43.7 Å². The molecule has 1 aliphatic carbocycles. The van der Waals surface area contributed by atoms with Crippen molar-refractivity contribution in [3.05, 3.63) is 0 Å². The summed E-state index contributed by atoms with van der Waals surface area (Å²) in [5.74, 6) is 2.84. The van der Waals surface area contributed by atoms with Crippen LogP contribution in [0.2, 0.25) is 0 Å². The minimum Gasteiger partial charge on any atom is -0.316 e. The fourth-order valence-electron chi connectivity index (χ4n) is 2.52. The van der Waals surface area contributed by atoms with Crippen LogP contribution in [0.5, 0.6) is 0 Å². The van der Waals surface area contributed by atoms with Crippen LogP contribution in [0.3, 0.4) is 0 Å². The Balaban J connectivity index is 1.91. The third kappa shape index (κ3) is 6.19. The summed E-state index contributed by atoms with van der Waals surface area (Å²) < 4.78 is 0. The van der Waals surface area contributed by atoms with Gasteiger partial charge in [-0.2, -0.15) is 0 Å². The molecule has 1 N–H and O–H groups in total. The summed E-state index contributed by atoms with van der Waals surface area (Å²) in [5, 5.41) is 3.53. The van der Waals surface area contributed by atoms with E-state index in [0.717, 1.165) is 17.8 Å². The molecular weight excluding hydrogens is 182 g/mol. The topological polar surface area (TPSA) is 12.0 Å². The maximum Gasteiger partial charge on any atom is -0.00258 e. The molecule has 1 heteroatoms. The zero-order chi connectivity index (χ0) is 11.1. The quantitative estimate of drug-likeness (QED) is 0.658. The summed E-state index contributed by atoms with van der Waals surface area (Å²) in [6.45, 7) is 9.36. The van der Waals surface area contributed by atoms with Crippen LogP contribution in [0.15, 0.2) is 0 Å². The van der Waals surface area contributed by atoms with Crippen molar-refractivity contribution >= 4 is 0 Å². The van der Waals surface area contributed by atoms with Gasteiger partial charge in [-0.25, -0.2) is 0 Å². The first-order chi connectivity index (χ1) is 7.18. The van der Waals surface area contributed by atoms with E-state index in [1.807, 2.05) is 0 Å². The Hall–Kier alpha value is -0.0400. The first kappa shape index (κ1) is 13.0. The molecule has 1 saturated carbocycles. The summed E-state index contributed by atoms with van der Waals surface area (Å²) in [7, 11) is 0. The standard InChI is InChI=1S/C14H29N/c1-12(2)11-15-10-4-5-14-8-6-13(3)7-9-14/h12-15H,4-11H2,1-3H3. The summed E-state index contributed by atoms with van der Waals surface area (Å²) in [6.07, 6.45) is 8.77. The largest absolute Gasteiger partial charge is 0.316 e. The number of hydrogen-bond donors (Lipinski definition) is 1. The molecule has 0 spiro atoms. The molecule has 0 bridgehead atoms. The molecular formula is C14H29N. The Morgan fingerprint density at radius 1 is 1.13 bits per heavy atom. The van der Waals surface area contributed by atoms with Crippen molar-refractivity contribution in [1.29, 1.82) is 0 Å². The van der Waals surface area contributed by atoms with Crippen molar-refractivity contribution < 1.29 is 0 Å². The first-order valence-electron chi connectivity index (χ1n) is 6.89. The number of nitrogens with one attached hydrogen (secondary N) is 1. The molecule has 0 aromatic rings. The van der Waals surface area contributed by atoms with E-state index in [4.69, 9.17) is 0 Å². The van der Waals surface area contributed by atoms with Crippen LogP contribution >= 0.6 is 0 Å². The SMILES string of the molecule is CC(C)CNCCCC1CCC(C)CC1. The summed E-state index contributed by atoms with van der Waals surface area (Å²) in [5.41, 5.74) is 0. The van der Waals surface area contributed by atoms with Crippen LogP contribution in [-0.4, -0.2) is 13.1 Å². The lowest BCUT2D eigenvalue weighted by atomic mass is 9.81. The Labute approximate surface area is 96.0 Å². The van der Waals surface area contributed by atoms with Crippen LogP contribution < -0.4 is 5.32 Å². The minimum atomic E-state index is 0.792. The Bertz CT molecular complexity index is 145. The fourth-order valence-corrected chi connectivity index (χ4v) is 2.52. The predicted octanol–water partition coefficient (Wildman–Crippen LogP) is 3.84. The highest BCUT2D eigenvalue weighted by Gasteiger charge is 2.17. The van der Waals surface area contributed by atoms with Crippen LogP contribution in [0.4, 0.5) is 0 Å². The molecule has 1 fully saturated rings. The average Bonchev–Trinajstić information content (AvgIpc) is 2.20. The highest BCUT2D eigenvalue weighted by atomic mass is 14.8. The van der Waals surface area contributed by atoms with E-state index in [1.54, 1.807) is 0 Å². The molecule has 0 aliphatic heterocycles. The van der Waals surface area contributed by atoms with Crippen LogP contribution in [0, 0.1) is 17.8 Å². The van der Waals surface area contributed by atoms with Crippen molar-refractivity contribution in [2.45, 2.75) is 59.3 Å². The highest BCUT2D eigenvalue weighted by molar-refractivity contribution is 4.70. The zero-order valence-corrected chi connectivity index (χ0v) is 10.9. The van der Waals surface area contributed by atoms with Crippen molar-refractivity contribution in [3.63, 3.8) is 0 Å². The lowest BCUT2D eigenvalue weighted by molar-refractivity contribution is 0.272. The minimum absolute atomic E-state index is 0.792. The summed E-state index contributed by atoms with van der Waals surface area (Å²) in [4.78, 5) is 0. The molecule has 0 unspecified atom stereocenters. The highest BCUT2D eigenvalue weighted by Crippen LogP contribution is 2.30. The van der Waals surface area contributed by atoms with E-state index in [9.17, 15) is 0 Å². The molecule has 1 rings (SSSR count). The van der Waals surface area contributed by atoms with Gasteiger partial charge in [-0.1, -0.05) is 46.5 Å². The zero-order valence-electron chi connectivity index (χ0n) is 10.9. The second-order valence-corrected chi connectivity index (χ2v) is 5.87. The van der Waals surface area contributed by atoms with Crippen LogP contribution in [0.25, 0.3) is 0 Å². The van der Waals surface area contributed by atoms with Gasteiger partial charge in [0.1, 0.15) is 0 Å². The smallest absolute Gasteiger partial charge is 0.00258 e. The third-order valence-corrected chi connectivity index (χ3v) is 3.65. The molecule has 15 heavy (non-hydrogen) atoms. The van der Waals surface area contributed by atoms with Gasteiger partial charge in [0.25, 0.3) is 0 Å². The van der Waals surface area contributed by atoms with Gasteiger partial charge in [0.15, 0.2) is 0 Å². The van der Waals surface area contributed by atoms with Gasteiger partial charge in [-0.15, -0.1) is 0 Å². The maximum absolute atomic E-state index is 3.53. The van der Waals surface area contributed by atoms with Crippen molar-refractivity contribution in [3.8, 4) is 0 Å². The average molecular weight is 211 g/mol. The van der Waals surface area contributed by atoms with Crippen molar-refractivity contribution in [2.75, 3.05) is 13.1 Å². The molecule has 1 nitrogen and oxygen atoms in total. The molecule has 0 amide bonds. The molecule has 0 aromatic carbocycles. The molecule has 0 heterocycles. The van der Waals surface area contributed by atoms with E-state index in [0.29, 0.717) is 0 Å². The van der Waals surface area contributed by atoms with Gasteiger partial charge in [0.2, 0.25) is 0 Å². The van der Waals surface area contributed by atoms with Gasteiger partial charge < -0.3 is 5.32 Å².